The van der Waals surface area contributed by atoms with Crippen LogP contribution in [0.3, 0.4) is 0 Å². The van der Waals surface area contributed by atoms with Crippen LogP contribution in [0, 0.1) is 0 Å². The smallest absolute Gasteiger partial charge is 0.339 e. The van der Waals surface area contributed by atoms with E-state index in [4.69, 9.17) is 10.5 Å². The Labute approximate surface area is 129 Å². The molecule has 0 amide bonds. The summed E-state index contributed by atoms with van der Waals surface area (Å²) in [5, 5.41) is 0. The molecular weight excluding hydrogens is 282 g/mol. The van der Waals surface area contributed by atoms with Gasteiger partial charge in [0.05, 0.1) is 12.7 Å². The summed E-state index contributed by atoms with van der Waals surface area (Å²) in [5.74, 6) is 0.108. The van der Waals surface area contributed by atoms with E-state index in [0.29, 0.717) is 17.2 Å². The largest absolute Gasteiger partial charge is 0.465 e. The van der Waals surface area contributed by atoms with E-state index < -0.39 is 5.97 Å². The molecule has 0 atom stereocenters. The fourth-order valence-corrected chi connectivity index (χ4v) is 2.80. The van der Waals surface area contributed by atoms with Gasteiger partial charge in [-0.3, -0.25) is 0 Å². The SMILES string of the molecule is COC(=O)c1cc(Sc2ccc(C(C)C)cc2)ccc1N. The van der Waals surface area contributed by atoms with E-state index in [1.54, 1.807) is 23.9 Å². The average molecular weight is 301 g/mol. The number of nitrogen functional groups attached to an aromatic ring is 1. The monoisotopic (exact) mass is 301 g/mol. The molecule has 0 unspecified atom stereocenters. The molecule has 3 nitrogen and oxygen atoms in total. The van der Waals surface area contributed by atoms with Crippen LogP contribution in [0.15, 0.2) is 52.3 Å². The molecular formula is C17H19NO2S. The van der Waals surface area contributed by atoms with Crippen LogP contribution in [0.1, 0.15) is 35.7 Å². The zero-order valence-corrected chi connectivity index (χ0v) is 13.2. The first-order valence-corrected chi connectivity index (χ1v) is 7.58. The molecule has 2 aromatic rings. The van der Waals surface area contributed by atoms with Crippen LogP contribution in [0.4, 0.5) is 5.69 Å². The first-order valence-electron chi connectivity index (χ1n) is 6.77. The van der Waals surface area contributed by atoms with E-state index in [1.165, 1.54) is 12.7 Å². The van der Waals surface area contributed by atoms with E-state index in [9.17, 15) is 4.79 Å². The van der Waals surface area contributed by atoms with Gasteiger partial charge in [-0.15, -0.1) is 0 Å². The maximum absolute atomic E-state index is 11.6. The Bertz CT molecular complexity index is 636. The number of carbonyl (C=O) groups is 1. The first kappa shape index (κ1) is 15.4. The van der Waals surface area contributed by atoms with Gasteiger partial charge in [0.1, 0.15) is 0 Å². The van der Waals surface area contributed by atoms with Gasteiger partial charge in [-0.25, -0.2) is 4.79 Å². The highest BCUT2D eigenvalue weighted by molar-refractivity contribution is 7.99. The quantitative estimate of drug-likeness (QED) is 0.674. The molecule has 0 aromatic heterocycles. The molecule has 0 aliphatic heterocycles. The zero-order chi connectivity index (χ0) is 15.4. The summed E-state index contributed by atoms with van der Waals surface area (Å²) < 4.78 is 4.74. The minimum atomic E-state index is -0.412. The summed E-state index contributed by atoms with van der Waals surface area (Å²) in [6.45, 7) is 4.34. The van der Waals surface area contributed by atoms with Gasteiger partial charge >= 0.3 is 5.97 Å². The number of hydrogen-bond donors (Lipinski definition) is 1. The van der Waals surface area contributed by atoms with Crippen LogP contribution in [0.25, 0.3) is 0 Å². The van der Waals surface area contributed by atoms with Crippen molar-refractivity contribution in [2.75, 3.05) is 12.8 Å². The highest BCUT2D eigenvalue weighted by atomic mass is 32.2. The Morgan fingerprint density at radius 3 is 2.29 bits per heavy atom. The summed E-state index contributed by atoms with van der Waals surface area (Å²) in [4.78, 5) is 13.7. The molecule has 0 fully saturated rings. The van der Waals surface area contributed by atoms with Gasteiger partial charge in [0.2, 0.25) is 0 Å². The molecule has 4 heteroatoms. The Morgan fingerprint density at radius 2 is 1.71 bits per heavy atom. The molecule has 2 rings (SSSR count). The van der Waals surface area contributed by atoms with Gasteiger partial charge in [-0.1, -0.05) is 37.7 Å². The summed E-state index contributed by atoms with van der Waals surface area (Å²) in [6.07, 6.45) is 0. The second-order valence-electron chi connectivity index (χ2n) is 5.07. The summed E-state index contributed by atoms with van der Waals surface area (Å²) in [7, 11) is 1.35. The molecule has 0 heterocycles. The fraction of sp³-hybridized carbons (Fsp3) is 0.235. The summed E-state index contributed by atoms with van der Waals surface area (Å²) in [5.41, 5.74) is 7.95. The predicted octanol–water partition coefficient (Wildman–Crippen LogP) is 4.33. The Kier molecular flexibility index (Phi) is 4.91. The lowest BCUT2D eigenvalue weighted by Crippen LogP contribution is -2.05. The van der Waals surface area contributed by atoms with Crippen LogP contribution in [-0.4, -0.2) is 13.1 Å². The van der Waals surface area contributed by atoms with Crippen molar-refractivity contribution in [2.45, 2.75) is 29.6 Å². The number of rotatable bonds is 4. The van der Waals surface area contributed by atoms with Crippen LogP contribution in [0.2, 0.25) is 0 Å². The third-order valence-corrected chi connectivity index (χ3v) is 4.21. The van der Waals surface area contributed by atoms with Gasteiger partial charge in [-0.2, -0.15) is 0 Å². The number of ether oxygens (including phenoxy) is 1. The highest BCUT2D eigenvalue weighted by Crippen LogP contribution is 2.31. The number of hydrogen-bond acceptors (Lipinski definition) is 4. The second kappa shape index (κ2) is 6.68. The van der Waals surface area contributed by atoms with Crippen molar-refractivity contribution in [3.63, 3.8) is 0 Å². The van der Waals surface area contributed by atoms with Crippen LogP contribution >= 0.6 is 11.8 Å². The van der Waals surface area contributed by atoms with Gasteiger partial charge in [0.15, 0.2) is 0 Å². The summed E-state index contributed by atoms with van der Waals surface area (Å²) in [6, 6.07) is 13.8. The van der Waals surface area contributed by atoms with E-state index >= 15 is 0 Å². The first-order chi connectivity index (χ1) is 10.0. The van der Waals surface area contributed by atoms with Crippen molar-refractivity contribution in [2.24, 2.45) is 0 Å². The molecule has 0 spiro atoms. The topological polar surface area (TPSA) is 52.3 Å². The highest BCUT2D eigenvalue weighted by Gasteiger charge is 2.11. The number of carbonyl (C=O) groups excluding carboxylic acids is 1. The lowest BCUT2D eigenvalue weighted by Gasteiger charge is -2.09. The maximum atomic E-state index is 11.6. The number of esters is 1. The minimum Gasteiger partial charge on any atom is -0.465 e. The molecule has 0 saturated heterocycles. The maximum Gasteiger partial charge on any atom is 0.339 e. The molecule has 21 heavy (non-hydrogen) atoms. The van der Waals surface area contributed by atoms with Gasteiger partial charge in [0, 0.05) is 15.5 Å². The van der Waals surface area contributed by atoms with Crippen molar-refractivity contribution in [3.8, 4) is 0 Å². The van der Waals surface area contributed by atoms with E-state index in [2.05, 4.69) is 38.1 Å². The minimum absolute atomic E-state index is 0.404. The van der Waals surface area contributed by atoms with Crippen LogP contribution in [0.5, 0.6) is 0 Å². The lowest BCUT2D eigenvalue weighted by atomic mass is 10.0. The molecule has 0 aliphatic rings. The molecule has 2 N–H and O–H groups in total. The third-order valence-electron chi connectivity index (χ3n) is 3.21. The number of methoxy groups -OCH3 is 1. The van der Waals surface area contributed by atoms with E-state index in [0.717, 1.165) is 9.79 Å². The van der Waals surface area contributed by atoms with E-state index in [-0.39, 0.29) is 0 Å². The third kappa shape index (κ3) is 3.79. The molecule has 110 valence electrons. The van der Waals surface area contributed by atoms with Crippen LogP contribution < -0.4 is 5.73 Å². The molecule has 2 aromatic carbocycles. The second-order valence-corrected chi connectivity index (χ2v) is 6.21. The van der Waals surface area contributed by atoms with Gasteiger partial charge < -0.3 is 10.5 Å². The van der Waals surface area contributed by atoms with Gasteiger partial charge in [0.25, 0.3) is 0 Å². The van der Waals surface area contributed by atoms with Crippen molar-refractivity contribution in [1.82, 2.24) is 0 Å². The number of nitrogens with two attached hydrogens (primary N) is 1. The van der Waals surface area contributed by atoms with Crippen LogP contribution in [-0.2, 0) is 4.74 Å². The number of anilines is 1. The Morgan fingerprint density at radius 1 is 1.10 bits per heavy atom. The average Bonchev–Trinajstić information content (AvgIpc) is 2.49. The fourth-order valence-electron chi connectivity index (χ4n) is 1.94. The Balaban J connectivity index is 2.21. The van der Waals surface area contributed by atoms with Crippen molar-refractivity contribution in [1.29, 1.82) is 0 Å². The normalized spacial score (nSPS) is 10.7. The summed E-state index contributed by atoms with van der Waals surface area (Å²) >= 11 is 1.60. The molecule has 0 radical (unpaired) electrons. The predicted molar refractivity (Wildman–Crippen MR) is 86.8 cm³/mol. The van der Waals surface area contributed by atoms with Crippen molar-refractivity contribution < 1.29 is 9.53 Å². The van der Waals surface area contributed by atoms with Crippen molar-refractivity contribution >= 4 is 23.4 Å². The molecule has 0 bridgehead atoms. The lowest BCUT2D eigenvalue weighted by molar-refractivity contribution is 0.0601. The Hall–Kier alpha value is -1.94. The zero-order valence-electron chi connectivity index (χ0n) is 12.4. The number of benzene rings is 2. The van der Waals surface area contributed by atoms with Gasteiger partial charge in [-0.05, 0) is 41.8 Å². The molecule has 0 aliphatic carbocycles. The molecule has 0 saturated carbocycles. The van der Waals surface area contributed by atoms with Crippen molar-refractivity contribution in [3.05, 3.63) is 53.6 Å². The van der Waals surface area contributed by atoms with E-state index in [1.807, 2.05) is 6.07 Å². The standard InChI is InChI=1S/C17H19NO2S/c1-11(2)12-4-6-13(7-5-12)21-14-8-9-16(18)15(10-14)17(19)20-3/h4-11H,18H2,1-3H3.